The second-order valence-electron chi connectivity index (χ2n) is 5.49. The minimum atomic E-state index is -0.267. The van der Waals surface area contributed by atoms with Gasteiger partial charge in [0.2, 0.25) is 5.91 Å². The van der Waals surface area contributed by atoms with Crippen LogP contribution in [0.25, 0.3) is 0 Å². The molecule has 1 amide bonds. The molecule has 16 heavy (non-hydrogen) atoms. The fraction of sp³-hybridized carbons (Fsp3) is 0.917. The largest absolute Gasteiger partial charge is 0.392 e. The molecule has 3 nitrogen and oxygen atoms in total. The highest BCUT2D eigenvalue weighted by Gasteiger charge is 2.48. The molecule has 2 N–H and O–H groups in total. The summed E-state index contributed by atoms with van der Waals surface area (Å²) in [5.74, 6) is 1.28. The Morgan fingerprint density at radius 2 is 2.19 bits per heavy atom. The first-order chi connectivity index (χ1) is 7.51. The third-order valence-electron chi connectivity index (χ3n) is 4.00. The van der Waals surface area contributed by atoms with Gasteiger partial charge in [0, 0.05) is 11.5 Å². The Balaban J connectivity index is 1.83. The lowest BCUT2D eigenvalue weighted by Crippen LogP contribution is -2.62. The second-order valence-corrected chi connectivity index (χ2v) is 6.80. The first kappa shape index (κ1) is 12.2. The minimum absolute atomic E-state index is 0.141. The highest BCUT2D eigenvalue weighted by molar-refractivity contribution is 8.00. The third-order valence-corrected chi connectivity index (χ3v) is 5.38. The lowest BCUT2D eigenvalue weighted by Gasteiger charge is -2.49. The van der Waals surface area contributed by atoms with E-state index in [1.807, 2.05) is 13.8 Å². The minimum Gasteiger partial charge on any atom is -0.392 e. The van der Waals surface area contributed by atoms with Crippen LogP contribution in [0.5, 0.6) is 0 Å². The van der Waals surface area contributed by atoms with E-state index in [0.717, 1.165) is 12.2 Å². The monoisotopic (exact) mass is 243 g/mol. The lowest BCUT2D eigenvalue weighted by molar-refractivity contribution is -0.128. The van der Waals surface area contributed by atoms with Gasteiger partial charge in [-0.15, -0.1) is 11.8 Å². The van der Waals surface area contributed by atoms with Gasteiger partial charge in [-0.25, -0.2) is 0 Å². The second kappa shape index (κ2) is 4.57. The molecule has 0 aromatic rings. The summed E-state index contributed by atoms with van der Waals surface area (Å²) in [5, 5.41) is 12.8. The van der Waals surface area contributed by atoms with E-state index in [4.69, 9.17) is 0 Å². The summed E-state index contributed by atoms with van der Waals surface area (Å²) in [4.78, 5) is 12.0. The van der Waals surface area contributed by atoms with Gasteiger partial charge in [0.15, 0.2) is 0 Å². The SMILES string of the molecule is CC1(C)C(O)CC1NC(=O)C1CCCCS1. The molecule has 0 aromatic carbocycles. The predicted molar refractivity (Wildman–Crippen MR) is 66.4 cm³/mol. The number of hydrogen-bond donors (Lipinski definition) is 2. The fourth-order valence-corrected chi connectivity index (χ4v) is 3.57. The number of carbonyl (C=O) groups is 1. The molecule has 2 aliphatic rings. The Hall–Kier alpha value is -0.220. The Morgan fingerprint density at radius 1 is 1.44 bits per heavy atom. The van der Waals surface area contributed by atoms with E-state index >= 15 is 0 Å². The van der Waals surface area contributed by atoms with E-state index in [1.54, 1.807) is 11.8 Å². The molecule has 1 heterocycles. The summed E-state index contributed by atoms with van der Waals surface area (Å²) in [6.45, 7) is 4.03. The summed E-state index contributed by atoms with van der Waals surface area (Å²) in [6.07, 6.45) is 3.85. The van der Waals surface area contributed by atoms with E-state index in [0.29, 0.717) is 6.42 Å². The van der Waals surface area contributed by atoms with Crippen LogP contribution in [0.1, 0.15) is 39.5 Å². The van der Waals surface area contributed by atoms with Gasteiger partial charge >= 0.3 is 0 Å². The van der Waals surface area contributed by atoms with E-state index in [2.05, 4.69) is 5.32 Å². The zero-order chi connectivity index (χ0) is 11.8. The van der Waals surface area contributed by atoms with Crippen molar-refractivity contribution in [2.45, 2.75) is 56.9 Å². The molecular formula is C12H21NO2S. The topological polar surface area (TPSA) is 49.3 Å². The Bertz CT molecular complexity index is 274. The normalized spacial score (nSPS) is 37.6. The van der Waals surface area contributed by atoms with Crippen LogP contribution in [0.15, 0.2) is 0 Å². The summed E-state index contributed by atoms with van der Waals surface area (Å²) in [7, 11) is 0. The van der Waals surface area contributed by atoms with Crippen LogP contribution in [0.4, 0.5) is 0 Å². The van der Waals surface area contributed by atoms with E-state index < -0.39 is 0 Å². The number of thioether (sulfide) groups is 1. The van der Waals surface area contributed by atoms with Crippen molar-refractivity contribution in [1.82, 2.24) is 5.32 Å². The number of aliphatic hydroxyl groups excluding tert-OH is 1. The van der Waals surface area contributed by atoms with Gasteiger partial charge in [-0.1, -0.05) is 20.3 Å². The summed E-state index contributed by atoms with van der Waals surface area (Å²) in [6, 6.07) is 0.150. The number of carbonyl (C=O) groups excluding carboxylic acids is 1. The van der Waals surface area contributed by atoms with Crippen molar-refractivity contribution in [3.05, 3.63) is 0 Å². The first-order valence-corrected chi connectivity index (χ1v) is 7.16. The van der Waals surface area contributed by atoms with Crippen LogP contribution in [-0.2, 0) is 4.79 Å². The standard InChI is InChI=1S/C12H21NO2S/c1-12(2)9(7-10(12)14)13-11(15)8-5-3-4-6-16-8/h8-10,14H,3-7H2,1-2H3,(H,13,15). The van der Waals surface area contributed by atoms with Gasteiger partial charge in [-0.2, -0.15) is 0 Å². The van der Waals surface area contributed by atoms with E-state index in [1.165, 1.54) is 12.8 Å². The average Bonchev–Trinajstić information content (AvgIpc) is 2.29. The molecule has 92 valence electrons. The maximum Gasteiger partial charge on any atom is 0.233 e. The highest BCUT2D eigenvalue weighted by Crippen LogP contribution is 2.40. The van der Waals surface area contributed by atoms with Gasteiger partial charge in [-0.3, -0.25) is 4.79 Å². The van der Waals surface area contributed by atoms with Crippen molar-refractivity contribution in [3.63, 3.8) is 0 Å². The van der Waals surface area contributed by atoms with E-state index in [9.17, 15) is 9.90 Å². The molecule has 3 atom stereocenters. The molecule has 0 radical (unpaired) electrons. The Kier molecular flexibility index (Phi) is 3.50. The molecule has 1 aliphatic heterocycles. The van der Waals surface area contributed by atoms with Crippen molar-refractivity contribution in [2.24, 2.45) is 5.41 Å². The fourth-order valence-electron chi connectivity index (χ4n) is 2.36. The van der Waals surface area contributed by atoms with Gasteiger partial charge in [0.05, 0.1) is 11.4 Å². The first-order valence-electron chi connectivity index (χ1n) is 6.12. The quantitative estimate of drug-likeness (QED) is 0.773. The van der Waals surface area contributed by atoms with Crippen LogP contribution in [0, 0.1) is 5.41 Å². The number of nitrogens with one attached hydrogen (secondary N) is 1. The molecule has 0 aromatic heterocycles. The molecule has 1 saturated heterocycles. The number of amides is 1. The zero-order valence-electron chi connectivity index (χ0n) is 10.0. The zero-order valence-corrected chi connectivity index (χ0v) is 10.8. The predicted octanol–water partition coefficient (Wildman–Crippen LogP) is 1.55. The molecular weight excluding hydrogens is 222 g/mol. The van der Waals surface area contributed by atoms with Crippen LogP contribution in [-0.4, -0.2) is 34.2 Å². The van der Waals surface area contributed by atoms with Crippen molar-refractivity contribution in [2.75, 3.05) is 5.75 Å². The molecule has 4 heteroatoms. The van der Waals surface area contributed by atoms with Crippen LogP contribution < -0.4 is 5.32 Å². The van der Waals surface area contributed by atoms with Crippen molar-refractivity contribution < 1.29 is 9.90 Å². The third kappa shape index (κ3) is 2.23. The lowest BCUT2D eigenvalue weighted by atomic mass is 9.64. The summed E-state index contributed by atoms with van der Waals surface area (Å²) in [5.41, 5.74) is -0.158. The number of aliphatic hydroxyl groups is 1. The van der Waals surface area contributed by atoms with Crippen molar-refractivity contribution >= 4 is 17.7 Å². The maximum absolute atomic E-state index is 12.0. The molecule has 1 aliphatic carbocycles. The molecule has 2 rings (SSSR count). The Morgan fingerprint density at radius 3 is 2.69 bits per heavy atom. The van der Waals surface area contributed by atoms with Crippen LogP contribution in [0.2, 0.25) is 0 Å². The van der Waals surface area contributed by atoms with Gasteiger partial charge in [-0.05, 0) is 25.0 Å². The molecule has 1 saturated carbocycles. The molecule has 0 spiro atoms. The summed E-state index contributed by atoms with van der Waals surface area (Å²) >= 11 is 1.77. The Labute approximate surface area is 101 Å². The van der Waals surface area contributed by atoms with E-state index in [-0.39, 0.29) is 28.7 Å². The van der Waals surface area contributed by atoms with Gasteiger partial charge in [0.1, 0.15) is 0 Å². The molecule has 3 unspecified atom stereocenters. The van der Waals surface area contributed by atoms with Crippen LogP contribution in [0.3, 0.4) is 0 Å². The molecule has 0 bridgehead atoms. The number of rotatable bonds is 2. The van der Waals surface area contributed by atoms with Gasteiger partial charge < -0.3 is 10.4 Å². The maximum atomic E-state index is 12.0. The smallest absolute Gasteiger partial charge is 0.233 e. The summed E-state index contributed by atoms with van der Waals surface area (Å²) < 4.78 is 0. The highest BCUT2D eigenvalue weighted by atomic mass is 32.2. The van der Waals surface area contributed by atoms with Crippen molar-refractivity contribution in [3.8, 4) is 0 Å². The average molecular weight is 243 g/mol. The van der Waals surface area contributed by atoms with Crippen LogP contribution >= 0.6 is 11.8 Å². The van der Waals surface area contributed by atoms with Crippen molar-refractivity contribution in [1.29, 1.82) is 0 Å². The molecule has 2 fully saturated rings. The van der Waals surface area contributed by atoms with Gasteiger partial charge in [0.25, 0.3) is 0 Å². The number of hydrogen-bond acceptors (Lipinski definition) is 3.